The van der Waals surface area contributed by atoms with Crippen LogP contribution in [0.25, 0.3) is 0 Å². The summed E-state index contributed by atoms with van der Waals surface area (Å²) in [7, 11) is 3.10. The summed E-state index contributed by atoms with van der Waals surface area (Å²) < 4.78 is 10.5. The molecule has 0 aromatic heterocycles. The molecule has 2 aromatic carbocycles. The second-order valence-electron chi connectivity index (χ2n) is 5.98. The highest BCUT2D eigenvalue weighted by atomic mass is 16.5. The van der Waals surface area contributed by atoms with Gasteiger partial charge in [-0.15, -0.1) is 0 Å². The lowest BCUT2D eigenvalue weighted by Gasteiger charge is -2.23. The average Bonchev–Trinajstić information content (AvgIpc) is 2.72. The molecule has 0 atom stereocenters. The third-order valence-electron chi connectivity index (χ3n) is 4.16. The Morgan fingerprint density at radius 1 is 1.07 bits per heavy atom. The van der Waals surface area contributed by atoms with Crippen molar-refractivity contribution in [2.75, 3.05) is 27.4 Å². The molecule has 0 fully saturated rings. The highest BCUT2D eigenvalue weighted by molar-refractivity contribution is 5.87. The van der Waals surface area contributed by atoms with Gasteiger partial charge in [0, 0.05) is 24.7 Å². The first kappa shape index (κ1) is 21.0. The molecule has 0 saturated heterocycles. The first-order valence-electron chi connectivity index (χ1n) is 8.65. The van der Waals surface area contributed by atoms with E-state index in [9.17, 15) is 14.7 Å². The van der Waals surface area contributed by atoms with Gasteiger partial charge in [-0.1, -0.05) is 12.1 Å². The number of aromatic carboxylic acids is 1. The van der Waals surface area contributed by atoms with Gasteiger partial charge >= 0.3 is 12.0 Å². The Hall–Kier alpha value is -3.26. The van der Waals surface area contributed by atoms with Crippen molar-refractivity contribution in [3.8, 4) is 11.5 Å². The van der Waals surface area contributed by atoms with Crippen molar-refractivity contribution in [3.05, 3.63) is 59.2 Å². The molecule has 150 valence electrons. The van der Waals surface area contributed by atoms with Gasteiger partial charge in [0.1, 0.15) is 11.5 Å². The Morgan fingerprint density at radius 3 is 2.36 bits per heavy atom. The minimum Gasteiger partial charge on any atom is -0.497 e. The zero-order chi connectivity index (χ0) is 20.5. The lowest BCUT2D eigenvalue weighted by atomic mass is 10.1. The van der Waals surface area contributed by atoms with Gasteiger partial charge in [-0.2, -0.15) is 0 Å². The highest BCUT2D eigenvalue weighted by Gasteiger charge is 2.16. The zero-order valence-corrected chi connectivity index (χ0v) is 15.8. The molecule has 0 saturated carbocycles. The predicted molar refractivity (Wildman–Crippen MR) is 103 cm³/mol. The van der Waals surface area contributed by atoms with E-state index in [0.29, 0.717) is 11.5 Å². The number of amides is 2. The number of carboxylic acids is 1. The Balaban J connectivity index is 2.04. The third-order valence-corrected chi connectivity index (χ3v) is 4.16. The van der Waals surface area contributed by atoms with Gasteiger partial charge in [0.05, 0.1) is 32.9 Å². The van der Waals surface area contributed by atoms with Crippen molar-refractivity contribution in [3.63, 3.8) is 0 Å². The number of urea groups is 1. The van der Waals surface area contributed by atoms with Crippen LogP contribution in [0.1, 0.15) is 21.5 Å². The third kappa shape index (κ3) is 5.62. The lowest BCUT2D eigenvalue weighted by Crippen LogP contribution is -2.40. The van der Waals surface area contributed by atoms with Gasteiger partial charge in [0.2, 0.25) is 0 Å². The minimum atomic E-state index is -1.00. The molecule has 2 rings (SSSR count). The molecule has 0 spiro atoms. The van der Waals surface area contributed by atoms with Crippen LogP contribution in [0.4, 0.5) is 4.79 Å². The summed E-state index contributed by atoms with van der Waals surface area (Å²) in [4.78, 5) is 24.9. The number of aliphatic hydroxyl groups is 1. The van der Waals surface area contributed by atoms with E-state index in [4.69, 9.17) is 14.6 Å². The number of ether oxygens (including phenoxy) is 2. The smallest absolute Gasteiger partial charge is 0.335 e. The van der Waals surface area contributed by atoms with Crippen LogP contribution < -0.4 is 14.8 Å². The summed E-state index contributed by atoms with van der Waals surface area (Å²) in [6.45, 7) is 0.454. The number of hydrogen-bond acceptors (Lipinski definition) is 5. The summed E-state index contributed by atoms with van der Waals surface area (Å²) in [6, 6.07) is 11.2. The van der Waals surface area contributed by atoms with Crippen LogP contribution in [0.15, 0.2) is 42.5 Å². The van der Waals surface area contributed by atoms with Gasteiger partial charge in [0.25, 0.3) is 0 Å². The molecule has 28 heavy (non-hydrogen) atoms. The van der Waals surface area contributed by atoms with Crippen LogP contribution in [0.3, 0.4) is 0 Å². The molecule has 0 aliphatic heterocycles. The van der Waals surface area contributed by atoms with Crippen molar-refractivity contribution < 1.29 is 29.3 Å². The first-order chi connectivity index (χ1) is 13.5. The number of nitrogens with one attached hydrogen (secondary N) is 1. The second-order valence-corrected chi connectivity index (χ2v) is 5.98. The van der Waals surface area contributed by atoms with Gasteiger partial charge in [-0.05, 0) is 29.8 Å². The number of carbonyl (C=O) groups is 2. The van der Waals surface area contributed by atoms with Crippen molar-refractivity contribution in [2.45, 2.75) is 13.1 Å². The summed E-state index contributed by atoms with van der Waals surface area (Å²) in [5.74, 6) is 0.223. The van der Waals surface area contributed by atoms with Crippen molar-refractivity contribution in [2.24, 2.45) is 0 Å². The van der Waals surface area contributed by atoms with Crippen LogP contribution in [0.5, 0.6) is 11.5 Å². The van der Waals surface area contributed by atoms with Crippen LogP contribution >= 0.6 is 0 Å². The molecule has 0 bridgehead atoms. The van der Waals surface area contributed by atoms with Crippen LogP contribution in [0.2, 0.25) is 0 Å². The van der Waals surface area contributed by atoms with E-state index in [-0.39, 0.29) is 37.8 Å². The van der Waals surface area contributed by atoms with Gasteiger partial charge < -0.3 is 29.9 Å². The van der Waals surface area contributed by atoms with E-state index >= 15 is 0 Å². The fourth-order valence-corrected chi connectivity index (χ4v) is 2.62. The Bertz CT molecular complexity index is 807. The molecule has 8 heteroatoms. The van der Waals surface area contributed by atoms with Crippen LogP contribution in [-0.4, -0.2) is 54.5 Å². The van der Waals surface area contributed by atoms with Gasteiger partial charge in [0.15, 0.2) is 0 Å². The Labute approximate surface area is 163 Å². The fourth-order valence-electron chi connectivity index (χ4n) is 2.62. The summed E-state index contributed by atoms with van der Waals surface area (Å²) >= 11 is 0. The van der Waals surface area contributed by atoms with Gasteiger partial charge in [-0.3, -0.25) is 0 Å². The second kappa shape index (κ2) is 10.2. The number of benzene rings is 2. The van der Waals surface area contributed by atoms with E-state index < -0.39 is 5.97 Å². The summed E-state index contributed by atoms with van der Waals surface area (Å²) in [6.07, 6.45) is 0. The van der Waals surface area contributed by atoms with Gasteiger partial charge in [-0.25, -0.2) is 9.59 Å². The largest absolute Gasteiger partial charge is 0.497 e. The maximum absolute atomic E-state index is 12.6. The zero-order valence-electron chi connectivity index (χ0n) is 15.8. The van der Waals surface area contributed by atoms with E-state index in [0.717, 1.165) is 11.1 Å². The number of hydrogen-bond donors (Lipinski definition) is 3. The molecule has 0 aliphatic carbocycles. The first-order valence-corrected chi connectivity index (χ1v) is 8.65. The maximum Gasteiger partial charge on any atom is 0.335 e. The minimum absolute atomic E-state index is 0.152. The van der Waals surface area contributed by atoms with Crippen LogP contribution in [0, 0.1) is 0 Å². The standard InChI is InChI=1S/C20H24N2O6/c1-27-17-8-7-16(18(11-17)28-2)13-22(9-10-23)20(26)21-12-14-3-5-15(6-4-14)19(24)25/h3-8,11,23H,9-10,12-13H2,1-2H3,(H,21,26)(H,24,25). The predicted octanol–water partition coefficient (Wildman–Crippen LogP) is 2.11. The molecule has 3 N–H and O–H groups in total. The molecule has 0 radical (unpaired) electrons. The molecular formula is C20H24N2O6. The highest BCUT2D eigenvalue weighted by Crippen LogP contribution is 2.25. The average molecular weight is 388 g/mol. The molecule has 0 aliphatic rings. The summed E-state index contributed by atoms with van der Waals surface area (Å²) in [5, 5.41) is 21.0. The number of methoxy groups -OCH3 is 2. The normalized spacial score (nSPS) is 10.2. The molecular weight excluding hydrogens is 364 g/mol. The molecule has 0 heterocycles. The molecule has 2 aromatic rings. The van der Waals surface area contributed by atoms with E-state index in [1.165, 1.54) is 24.1 Å². The van der Waals surface area contributed by atoms with Crippen molar-refractivity contribution in [1.29, 1.82) is 0 Å². The Morgan fingerprint density at radius 2 is 1.79 bits per heavy atom. The monoisotopic (exact) mass is 388 g/mol. The van der Waals surface area contributed by atoms with E-state index in [1.54, 1.807) is 37.4 Å². The Kier molecular flexibility index (Phi) is 7.65. The lowest BCUT2D eigenvalue weighted by molar-refractivity contribution is 0.0697. The molecule has 8 nitrogen and oxygen atoms in total. The fraction of sp³-hybridized carbons (Fsp3) is 0.300. The van der Waals surface area contributed by atoms with Crippen LogP contribution in [-0.2, 0) is 13.1 Å². The summed E-state index contributed by atoms with van der Waals surface area (Å²) in [5.41, 5.74) is 1.73. The number of rotatable bonds is 9. The quantitative estimate of drug-likeness (QED) is 0.607. The molecule has 2 amide bonds. The molecule has 0 unspecified atom stereocenters. The SMILES string of the molecule is COc1ccc(CN(CCO)C(=O)NCc2ccc(C(=O)O)cc2)c(OC)c1. The maximum atomic E-state index is 12.6. The van der Waals surface area contributed by atoms with E-state index in [2.05, 4.69) is 5.32 Å². The number of aliphatic hydroxyl groups excluding tert-OH is 1. The topological polar surface area (TPSA) is 108 Å². The number of carbonyl (C=O) groups excluding carboxylic acids is 1. The van der Waals surface area contributed by atoms with Crippen molar-refractivity contribution >= 4 is 12.0 Å². The van der Waals surface area contributed by atoms with Crippen molar-refractivity contribution in [1.82, 2.24) is 10.2 Å². The number of nitrogens with zero attached hydrogens (tertiary/aromatic N) is 1. The number of carboxylic acid groups (broad SMARTS) is 1. The van der Waals surface area contributed by atoms with E-state index in [1.807, 2.05) is 0 Å².